The highest BCUT2D eigenvalue weighted by molar-refractivity contribution is 8.00. The van der Waals surface area contributed by atoms with E-state index < -0.39 is 0 Å². The summed E-state index contributed by atoms with van der Waals surface area (Å²) >= 11 is 1.39. The van der Waals surface area contributed by atoms with Gasteiger partial charge in [-0.15, -0.1) is 11.8 Å². The van der Waals surface area contributed by atoms with Gasteiger partial charge in [-0.3, -0.25) is 14.7 Å². The average molecular weight is 275 g/mol. The number of hydrogen-bond acceptors (Lipinski definition) is 4. The van der Waals surface area contributed by atoms with Gasteiger partial charge in [-0.25, -0.2) is 9.37 Å². The fourth-order valence-electron chi connectivity index (χ4n) is 1.99. The zero-order valence-electron chi connectivity index (χ0n) is 9.86. The van der Waals surface area contributed by atoms with Crippen molar-refractivity contribution in [2.45, 2.75) is 5.37 Å². The van der Waals surface area contributed by atoms with Crippen LogP contribution in [0.25, 0.3) is 0 Å². The summed E-state index contributed by atoms with van der Waals surface area (Å²) < 4.78 is 13.9. The maximum atomic E-state index is 13.9. The molecular formula is C13H10FN3OS. The van der Waals surface area contributed by atoms with Gasteiger partial charge in [-0.2, -0.15) is 0 Å². The Morgan fingerprint density at radius 3 is 2.89 bits per heavy atom. The minimum absolute atomic E-state index is 0.0845. The van der Waals surface area contributed by atoms with Crippen LogP contribution in [0.1, 0.15) is 10.9 Å². The Bertz CT molecular complexity index is 608. The van der Waals surface area contributed by atoms with E-state index in [0.29, 0.717) is 17.1 Å². The summed E-state index contributed by atoms with van der Waals surface area (Å²) in [6.45, 7) is 0. The monoisotopic (exact) mass is 275 g/mol. The third kappa shape index (κ3) is 2.19. The van der Waals surface area contributed by atoms with Crippen LogP contribution in [0.15, 0.2) is 42.9 Å². The van der Waals surface area contributed by atoms with Crippen LogP contribution >= 0.6 is 11.8 Å². The molecule has 0 radical (unpaired) electrons. The van der Waals surface area contributed by atoms with Crippen LogP contribution in [-0.4, -0.2) is 21.6 Å². The van der Waals surface area contributed by atoms with Crippen molar-refractivity contribution >= 4 is 23.5 Å². The number of carbonyl (C=O) groups is 1. The number of thioether (sulfide) groups is 1. The van der Waals surface area contributed by atoms with E-state index in [4.69, 9.17) is 0 Å². The average Bonchev–Trinajstić information content (AvgIpc) is 2.82. The van der Waals surface area contributed by atoms with Crippen molar-refractivity contribution in [3.63, 3.8) is 0 Å². The van der Waals surface area contributed by atoms with Crippen LogP contribution in [0, 0.1) is 5.82 Å². The van der Waals surface area contributed by atoms with Gasteiger partial charge < -0.3 is 0 Å². The molecule has 2 heterocycles. The van der Waals surface area contributed by atoms with Crippen LogP contribution in [-0.2, 0) is 4.79 Å². The molecule has 4 nitrogen and oxygen atoms in total. The van der Waals surface area contributed by atoms with Gasteiger partial charge in [0.2, 0.25) is 5.91 Å². The van der Waals surface area contributed by atoms with Gasteiger partial charge in [0, 0.05) is 18.0 Å². The van der Waals surface area contributed by atoms with Crippen LogP contribution in [0.2, 0.25) is 0 Å². The molecule has 1 unspecified atom stereocenters. The van der Waals surface area contributed by atoms with E-state index >= 15 is 0 Å². The van der Waals surface area contributed by atoms with Crippen molar-refractivity contribution in [1.82, 2.24) is 9.97 Å². The molecule has 0 N–H and O–H groups in total. The van der Waals surface area contributed by atoms with Crippen molar-refractivity contribution < 1.29 is 9.18 Å². The first-order valence-corrected chi connectivity index (χ1v) is 6.76. The van der Waals surface area contributed by atoms with E-state index in [1.54, 1.807) is 18.2 Å². The second-order valence-corrected chi connectivity index (χ2v) is 5.08. The Labute approximate surface area is 113 Å². The van der Waals surface area contributed by atoms with Gasteiger partial charge >= 0.3 is 0 Å². The summed E-state index contributed by atoms with van der Waals surface area (Å²) in [6, 6.07) is 6.48. The number of aromatic nitrogens is 2. The molecule has 1 fully saturated rings. The van der Waals surface area contributed by atoms with E-state index in [1.807, 2.05) is 0 Å². The predicted octanol–water partition coefficient (Wildman–Crippen LogP) is 2.39. The standard InChI is InChI=1S/C13H10FN3OS/c14-10-4-2-1-3-9(10)13-17(12(18)8-19-13)11-7-15-5-6-16-11/h1-7,13H,8H2. The number of anilines is 1. The van der Waals surface area contributed by atoms with Crippen LogP contribution in [0.3, 0.4) is 0 Å². The highest BCUT2D eigenvalue weighted by Crippen LogP contribution is 2.41. The summed E-state index contributed by atoms with van der Waals surface area (Å²) in [6.07, 6.45) is 4.57. The lowest BCUT2D eigenvalue weighted by Gasteiger charge is -2.23. The summed E-state index contributed by atoms with van der Waals surface area (Å²) in [4.78, 5) is 21.6. The molecule has 19 heavy (non-hydrogen) atoms. The van der Waals surface area contributed by atoms with Gasteiger partial charge in [0.05, 0.1) is 11.9 Å². The lowest BCUT2D eigenvalue weighted by atomic mass is 10.2. The highest BCUT2D eigenvalue weighted by Gasteiger charge is 2.36. The molecule has 1 aromatic heterocycles. The Balaban J connectivity index is 2.02. The summed E-state index contributed by atoms with van der Waals surface area (Å²) in [5.41, 5.74) is 0.490. The van der Waals surface area contributed by atoms with Gasteiger partial charge in [0.15, 0.2) is 5.82 Å². The maximum absolute atomic E-state index is 13.9. The number of halogens is 1. The van der Waals surface area contributed by atoms with Gasteiger partial charge in [-0.1, -0.05) is 18.2 Å². The molecule has 1 aliphatic rings. The van der Waals surface area contributed by atoms with Crippen molar-refractivity contribution in [1.29, 1.82) is 0 Å². The van der Waals surface area contributed by atoms with Crippen molar-refractivity contribution in [3.8, 4) is 0 Å². The second-order valence-electron chi connectivity index (χ2n) is 4.01. The summed E-state index contributed by atoms with van der Waals surface area (Å²) in [7, 11) is 0. The summed E-state index contributed by atoms with van der Waals surface area (Å²) in [5, 5.41) is -0.384. The molecule has 6 heteroatoms. The minimum atomic E-state index is -0.384. The van der Waals surface area contributed by atoms with Gasteiger partial charge in [0.25, 0.3) is 0 Å². The zero-order valence-corrected chi connectivity index (χ0v) is 10.7. The van der Waals surface area contributed by atoms with Crippen LogP contribution in [0.5, 0.6) is 0 Å². The predicted molar refractivity (Wildman–Crippen MR) is 71.1 cm³/mol. The number of nitrogens with zero attached hydrogens (tertiary/aromatic N) is 3. The third-order valence-corrected chi connectivity index (χ3v) is 4.03. The molecule has 0 spiro atoms. The van der Waals surface area contributed by atoms with E-state index in [0.717, 1.165) is 0 Å². The molecular weight excluding hydrogens is 265 g/mol. The van der Waals surface area contributed by atoms with Crippen molar-refractivity contribution in [3.05, 3.63) is 54.2 Å². The Kier molecular flexibility index (Phi) is 3.16. The first-order valence-electron chi connectivity index (χ1n) is 5.71. The molecule has 2 aromatic rings. The first-order chi connectivity index (χ1) is 9.27. The largest absolute Gasteiger partial charge is 0.278 e. The molecule has 0 saturated carbocycles. The van der Waals surface area contributed by atoms with Crippen molar-refractivity contribution in [2.24, 2.45) is 0 Å². The normalized spacial score (nSPS) is 18.9. The Morgan fingerprint density at radius 1 is 1.32 bits per heavy atom. The second kappa shape index (κ2) is 4.97. The molecule has 1 aromatic carbocycles. The quantitative estimate of drug-likeness (QED) is 0.844. The molecule has 1 atom stereocenters. The van der Waals surface area contributed by atoms with E-state index in [2.05, 4.69) is 9.97 Å². The van der Waals surface area contributed by atoms with Gasteiger partial charge in [-0.05, 0) is 6.07 Å². The number of rotatable bonds is 2. The molecule has 1 saturated heterocycles. The lowest BCUT2D eigenvalue weighted by molar-refractivity contribution is -0.115. The smallest absolute Gasteiger partial charge is 0.239 e. The van der Waals surface area contributed by atoms with Crippen LogP contribution < -0.4 is 4.90 Å². The van der Waals surface area contributed by atoms with Gasteiger partial charge in [0.1, 0.15) is 11.2 Å². The Morgan fingerprint density at radius 2 is 2.16 bits per heavy atom. The zero-order chi connectivity index (χ0) is 13.2. The highest BCUT2D eigenvalue weighted by atomic mass is 32.2. The number of amides is 1. The first kappa shape index (κ1) is 12.1. The lowest BCUT2D eigenvalue weighted by Crippen LogP contribution is -2.29. The molecule has 1 amide bonds. The number of hydrogen-bond donors (Lipinski definition) is 0. The minimum Gasteiger partial charge on any atom is -0.278 e. The maximum Gasteiger partial charge on any atom is 0.239 e. The molecule has 3 rings (SSSR count). The number of carbonyl (C=O) groups excluding carboxylic acids is 1. The van der Waals surface area contributed by atoms with E-state index in [-0.39, 0.29) is 17.1 Å². The van der Waals surface area contributed by atoms with Crippen LogP contribution in [0.4, 0.5) is 10.2 Å². The topological polar surface area (TPSA) is 46.1 Å². The summed E-state index contributed by atoms with van der Waals surface area (Å²) in [5.74, 6) is 0.364. The number of benzene rings is 1. The third-order valence-electron chi connectivity index (χ3n) is 2.84. The van der Waals surface area contributed by atoms with E-state index in [1.165, 1.54) is 41.3 Å². The molecule has 0 bridgehead atoms. The molecule has 1 aliphatic heterocycles. The fraction of sp³-hybridized carbons (Fsp3) is 0.154. The SMILES string of the molecule is O=C1CSC(c2ccccc2F)N1c1cnccn1. The molecule has 96 valence electrons. The van der Waals surface area contributed by atoms with Crippen molar-refractivity contribution in [2.75, 3.05) is 10.7 Å². The van der Waals surface area contributed by atoms with E-state index in [9.17, 15) is 9.18 Å². The fourth-order valence-corrected chi connectivity index (χ4v) is 3.18. The Hall–Kier alpha value is -1.95. The molecule has 0 aliphatic carbocycles.